The van der Waals surface area contributed by atoms with Crippen LogP contribution in [-0.2, 0) is 0 Å². The lowest BCUT2D eigenvalue weighted by molar-refractivity contribution is 0.0796. The second-order valence-corrected chi connectivity index (χ2v) is 6.70. The number of nitrogens with zero attached hydrogens (tertiary/aromatic N) is 3. The third kappa shape index (κ3) is 4.41. The molecule has 2 aromatic rings. The average molecular weight is 368 g/mol. The van der Waals surface area contributed by atoms with Crippen molar-refractivity contribution >= 4 is 23.2 Å². The molecule has 0 spiro atoms. The number of pyridine rings is 1. The number of anilines is 1. The predicted molar refractivity (Wildman–Crippen MR) is 90.3 cm³/mol. The zero-order chi connectivity index (χ0) is 17.8. The van der Waals surface area contributed by atoms with Gasteiger partial charge in [0, 0.05) is 18.0 Å². The molecule has 1 aliphatic rings. The van der Waals surface area contributed by atoms with Crippen molar-refractivity contribution in [2.24, 2.45) is 0 Å². The van der Waals surface area contributed by atoms with Gasteiger partial charge in [-0.2, -0.15) is 4.98 Å². The molecule has 1 unspecified atom stereocenters. The third-order valence-electron chi connectivity index (χ3n) is 3.81. The van der Waals surface area contributed by atoms with E-state index in [-0.39, 0.29) is 23.8 Å². The summed E-state index contributed by atoms with van der Waals surface area (Å²) in [6, 6.07) is 4.31. The molecule has 3 heterocycles. The van der Waals surface area contributed by atoms with Crippen LogP contribution >= 0.6 is 11.3 Å². The van der Waals surface area contributed by atoms with E-state index in [1.54, 1.807) is 28.4 Å². The minimum Gasteiger partial charge on any atom is -0.472 e. The molecule has 0 saturated carbocycles. The number of amides is 2. The fourth-order valence-electron chi connectivity index (χ4n) is 2.75. The smallest absolute Gasteiger partial charge is 0.323 e. The fourth-order valence-corrected chi connectivity index (χ4v) is 3.40. The SMILES string of the molecule is Cc1nc(C2CCCN2C(=O)Nc2cccc(OCC(F)F)n2)cs1. The molecule has 0 aliphatic carbocycles. The van der Waals surface area contributed by atoms with E-state index < -0.39 is 13.0 Å². The maximum absolute atomic E-state index is 12.6. The Balaban J connectivity index is 1.66. The molecule has 1 N–H and O–H groups in total. The number of ether oxygens (including phenoxy) is 1. The van der Waals surface area contributed by atoms with Crippen molar-refractivity contribution in [1.82, 2.24) is 14.9 Å². The Morgan fingerprint density at radius 3 is 3.04 bits per heavy atom. The molecule has 1 aliphatic heterocycles. The van der Waals surface area contributed by atoms with Gasteiger partial charge in [-0.05, 0) is 25.8 Å². The molecule has 1 saturated heterocycles. The van der Waals surface area contributed by atoms with Gasteiger partial charge in [0.1, 0.15) is 5.82 Å². The number of rotatable bonds is 5. The van der Waals surface area contributed by atoms with Crippen molar-refractivity contribution in [3.8, 4) is 5.88 Å². The zero-order valence-corrected chi connectivity index (χ0v) is 14.4. The molecule has 2 amide bonds. The first-order valence-electron chi connectivity index (χ1n) is 7.90. The molecule has 0 bridgehead atoms. The highest BCUT2D eigenvalue weighted by atomic mass is 32.1. The lowest BCUT2D eigenvalue weighted by Crippen LogP contribution is -2.34. The van der Waals surface area contributed by atoms with E-state index in [1.807, 2.05) is 12.3 Å². The topological polar surface area (TPSA) is 67.4 Å². The van der Waals surface area contributed by atoms with Crippen molar-refractivity contribution in [3.63, 3.8) is 0 Å². The lowest BCUT2D eigenvalue weighted by Gasteiger charge is -2.23. The van der Waals surface area contributed by atoms with Crippen LogP contribution in [0, 0.1) is 6.92 Å². The van der Waals surface area contributed by atoms with Gasteiger partial charge in [-0.1, -0.05) is 6.07 Å². The van der Waals surface area contributed by atoms with Crippen LogP contribution < -0.4 is 10.1 Å². The van der Waals surface area contributed by atoms with Crippen molar-refractivity contribution in [2.45, 2.75) is 32.2 Å². The molecule has 1 fully saturated rings. The Bertz CT molecular complexity index is 740. The molecule has 9 heteroatoms. The zero-order valence-electron chi connectivity index (χ0n) is 13.6. The molecule has 1 atom stereocenters. The van der Waals surface area contributed by atoms with Crippen LogP contribution in [-0.4, -0.2) is 40.5 Å². The van der Waals surface area contributed by atoms with Crippen LogP contribution in [0.5, 0.6) is 5.88 Å². The minimum absolute atomic E-state index is 0.0474. The van der Waals surface area contributed by atoms with Crippen molar-refractivity contribution in [1.29, 1.82) is 0 Å². The van der Waals surface area contributed by atoms with E-state index in [4.69, 9.17) is 4.74 Å². The van der Waals surface area contributed by atoms with Crippen LogP contribution in [0.3, 0.4) is 0 Å². The van der Waals surface area contributed by atoms with Gasteiger partial charge >= 0.3 is 6.03 Å². The van der Waals surface area contributed by atoms with Gasteiger partial charge in [0.2, 0.25) is 5.88 Å². The molecule has 25 heavy (non-hydrogen) atoms. The van der Waals surface area contributed by atoms with Crippen LogP contribution in [0.2, 0.25) is 0 Å². The fraction of sp³-hybridized carbons (Fsp3) is 0.438. The van der Waals surface area contributed by atoms with E-state index in [1.165, 1.54) is 6.07 Å². The number of likely N-dealkylation sites (tertiary alicyclic amines) is 1. The first-order valence-corrected chi connectivity index (χ1v) is 8.78. The Morgan fingerprint density at radius 2 is 2.32 bits per heavy atom. The summed E-state index contributed by atoms with van der Waals surface area (Å²) in [4.78, 5) is 22.8. The number of hydrogen-bond donors (Lipinski definition) is 1. The number of urea groups is 1. The summed E-state index contributed by atoms with van der Waals surface area (Å²) in [5, 5.41) is 5.64. The molecule has 3 rings (SSSR count). The highest BCUT2D eigenvalue weighted by Crippen LogP contribution is 2.32. The summed E-state index contributed by atoms with van der Waals surface area (Å²) in [5.41, 5.74) is 0.900. The quantitative estimate of drug-likeness (QED) is 0.870. The first kappa shape index (κ1) is 17.5. The molecular formula is C16H18F2N4O2S. The summed E-state index contributed by atoms with van der Waals surface area (Å²) >= 11 is 1.56. The highest BCUT2D eigenvalue weighted by Gasteiger charge is 2.31. The third-order valence-corrected chi connectivity index (χ3v) is 4.60. The summed E-state index contributed by atoms with van der Waals surface area (Å²) in [7, 11) is 0. The Labute approximate surface area is 147 Å². The monoisotopic (exact) mass is 368 g/mol. The standard InChI is InChI=1S/C16H18F2N4O2S/c1-10-19-11(9-25-10)12-4-3-7-22(12)16(23)21-14-5-2-6-15(20-14)24-8-13(17)18/h2,5-6,9,12-13H,3-4,7-8H2,1H3,(H,20,21,23). The largest absolute Gasteiger partial charge is 0.472 e. The summed E-state index contributed by atoms with van der Waals surface area (Å²) in [6.45, 7) is 1.83. The van der Waals surface area contributed by atoms with Gasteiger partial charge < -0.3 is 9.64 Å². The van der Waals surface area contributed by atoms with Gasteiger partial charge in [0.15, 0.2) is 6.61 Å². The lowest BCUT2D eigenvalue weighted by atomic mass is 10.2. The van der Waals surface area contributed by atoms with Crippen molar-refractivity contribution in [3.05, 3.63) is 34.3 Å². The van der Waals surface area contributed by atoms with E-state index in [0.717, 1.165) is 23.5 Å². The molecule has 0 radical (unpaired) electrons. The van der Waals surface area contributed by atoms with Crippen LogP contribution in [0.1, 0.15) is 29.6 Å². The first-order chi connectivity index (χ1) is 12.0. The predicted octanol–water partition coefficient (Wildman–Crippen LogP) is 3.86. The molecule has 2 aromatic heterocycles. The number of alkyl halides is 2. The second kappa shape index (κ2) is 7.73. The highest BCUT2D eigenvalue weighted by molar-refractivity contribution is 7.09. The Kier molecular flexibility index (Phi) is 5.42. The Hall–Kier alpha value is -2.29. The van der Waals surface area contributed by atoms with E-state index in [9.17, 15) is 13.6 Å². The maximum atomic E-state index is 12.6. The summed E-state index contributed by atoms with van der Waals surface area (Å²) in [6.07, 6.45) is -0.812. The normalized spacial score (nSPS) is 17.1. The van der Waals surface area contributed by atoms with Crippen molar-refractivity contribution in [2.75, 3.05) is 18.5 Å². The van der Waals surface area contributed by atoms with Crippen LogP contribution in [0.4, 0.5) is 19.4 Å². The number of hydrogen-bond acceptors (Lipinski definition) is 5. The van der Waals surface area contributed by atoms with E-state index >= 15 is 0 Å². The number of carbonyl (C=O) groups excluding carboxylic acids is 1. The second-order valence-electron chi connectivity index (χ2n) is 5.64. The van der Waals surface area contributed by atoms with Crippen LogP contribution in [0.15, 0.2) is 23.6 Å². The molecule has 134 valence electrons. The molecule has 0 aromatic carbocycles. The number of carbonyl (C=O) groups is 1. The van der Waals surface area contributed by atoms with Gasteiger partial charge in [0.25, 0.3) is 6.43 Å². The van der Waals surface area contributed by atoms with Gasteiger partial charge in [-0.15, -0.1) is 11.3 Å². The molecular weight excluding hydrogens is 350 g/mol. The van der Waals surface area contributed by atoms with Gasteiger partial charge in [0.05, 0.1) is 16.7 Å². The number of halogens is 2. The maximum Gasteiger partial charge on any atom is 0.323 e. The van der Waals surface area contributed by atoms with Crippen LogP contribution in [0.25, 0.3) is 0 Å². The molecule has 6 nitrogen and oxygen atoms in total. The Morgan fingerprint density at radius 1 is 1.48 bits per heavy atom. The van der Waals surface area contributed by atoms with Crippen molar-refractivity contribution < 1.29 is 18.3 Å². The number of thiazole rings is 1. The van der Waals surface area contributed by atoms with Gasteiger partial charge in [-0.3, -0.25) is 5.32 Å². The summed E-state index contributed by atoms with van der Waals surface area (Å²) in [5.74, 6) is 0.308. The number of nitrogens with one attached hydrogen (secondary N) is 1. The average Bonchev–Trinajstić information content (AvgIpc) is 3.21. The number of aromatic nitrogens is 2. The summed E-state index contributed by atoms with van der Waals surface area (Å²) < 4.78 is 29.3. The van der Waals surface area contributed by atoms with E-state index in [0.29, 0.717) is 6.54 Å². The van der Waals surface area contributed by atoms with Gasteiger partial charge in [-0.25, -0.2) is 18.6 Å². The minimum atomic E-state index is -2.58. The number of aryl methyl sites for hydroxylation is 1. The van der Waals surface area contributed by atoms with E-state index in [2.05, 4.69) is 15.3 Å².